The standard InChI is InChI=1S/C63H44N4/c1-4-20-53(21-5-1)65(56-34-31-46(32-35-56)49-30-29-45-16-10-11-17-47(45)38-49)58-40-52(51-19-15-37-64-44-51)41-59(43-58)66(54-22-6-2-7-23-54)57-26-14-18-48(39-57)50-33-36-61-60-27-12-13-28-62(60)67(63(61)42-50)55-24-8-3-9-25-55/h1-44H. The van der Waals surface area contributed by atoms with Crippen molar-refractivity contribution in [3.05, 3.63) is 267 Å². The fourth-order valence-corrected chi connectivity index (χ4v) is 9.60. The summed E-state index contributed by atoms with van der Waals surface area (Å²) in [6.07, 6.45) is 3.78. The van der Waals surface area contributed by atoms with Crippen molar-refractivity contribution in [2.24, 2.45) is 0 Å². The first-order valence-electron chi connectivity index (χ1n) is 22.8. The zero-order valence-corrected chi connectivity index (χ0v) is 36.7. The first-order chi connectivity index (χ1) is 33.2. The van der Waals surface area contributed by atoms with Gasteiger partial charge in [0.2, 0.25) is 0 Å². The zero-order valence-electron chi connectivity index (χ0n) is 36.7. The molecule has 0 atom stereocenters. The molecule has 2 heterocycles. The third-order valence-electron chi connectivity index (χ3n) is 12.8. The fraction of sp³-hybridized carbons (Fsp3) is 0. The number of hydrogen-bond acceptors (Lipinski definition) is 3. The van der Waals surface area contributed by atoms with Crippen molar-refractivity contribution >= 4 is 66.7 Å². The minimum Gasteiger partial charge on any atom is -0.310 e. The van der Waals surface area contributed by atoms with Crippen LogP contribution in [0.4, 0.5) is 34.1 Å². The van der Waals surface area contributed by atoms with Crippen LogP contribution < -0.4 is 9.80 Å². The van der Waals surface area contributed by atoms with Gasteiger partial charge in [-0.2, -0.15) is 0 Å². The molecule has 12 aromatic rings. The van der Waals surface area contributed by atoms with Gasteiger partial charge in [-0.15, -0.1) is 0 Å². The monoisotopic (exact) mass is 856 g/mol. The Morgan fingerprint density at radius 3 is 1.55 bits per heavy atom. The molecule has 12 rings (SSSR count). The summed E-state index contributed by atoms with van der Waals surface area (Å²) < 4.78 is 2.38. The van der Waals surface area contributed by atoms with Crippen LogP contribution in [0.1, 0.15) is 0 Å². The van der Waals surface area contributed by atoms with Gasteiger partial charge in [0, 0.05) is 68.5 Å². The number of aromatic nitrogens is 2. The van der Waals surface area contributed by atoms with Crippen LogP contribution in [-0.4, -0.2) is 9.55 Å². The Hall–Kier alpha value is -8.99. The normalized spacial score (nSPS) is 11.3. The van der Waals surface area contributed by atoms with Crippen molar-refractivity contribution in [3.8, 4) is 39.1 Å². The number of anilines is 6. The first kappa shape index (κ1) is 39.6. The molecule has 0 saturated heterocycles. The maximum Gasteiger partial charge on any atom is 0.0547 e. The molecule has 67 heavy (non-hydrogen) atoms. The summed E-state index contributed by atoms with van der Waals surface area (Å²) in [7, 11) is 0. The molecule has 0 bridgehead atoms. The second kappa shape index (κ2) is 17.2. The van der Waals surface area contributed by atoms with Gasteiger partial charge in [0.1, 0.15) is 0 Å². The van der Waals surface area contributed by atoms with Gasteiger partial charge in [-0.1, -0.05) is 152 Å². The molecular formula is C63H44N4. The van der Waals surface area contributed by atoms with Crippen LogP contribution in [0.3, 0.4) is 0 Å². The third kappa shape index (κ3) is 7.57. The van der Waals surface area contributed by atoms with Crippen molar-refractivity contribution in [3.63, 3.8) is 0 Å². The molecule has 0 spiro atoms. The lowest BCUT2D eigenvalue weighted by atomic mass is 10.00. The molecule has 0 fully saturated rings. The molecule has 10 aromatic carbocycles. The van der Waals surface area contributed by atoms with Gasteiger partial charge in [-0.05, 0) is 142 Å². The van der Waals surface area contributed by atoms with Gasteiger partial charge in [0.05, 0.1) is 11.0 Å². The van der Waals surface area contributed by atoms with Gasteiger partial charge in [-0.25, -0.2) is 0 Å². The van der Waals surface area contributed by atoms with Crippen molar-refractivity contribution in [1.82, 2.24) is 9.55 Å². The summed E-state index contributed by atoms with van der Waals surface area (Å²) in [6.45, 7) is 0. The van der Waals surface area contributed by atoms with Crippen LogP contribution in [0.5, 0.6) is 0 Å². The second-order valence-electron chi connectivity index (χ2n) is 16.9. The summed E-state index contributed by atoms with van der Waals surface area (Å²) >= 11 is 0. The molecule has 316 valence electrons. The maximum absolute atomic E-state index is 4.58. The lowest BCUT2D eigenvalue weighted by molar-refractivity contribution is 1.18. The van der Waals surface area contributed by atoms with Crippen LogP contribution >= 0.6 is 0 Å². The van der Waals surface area contributed by atoms with E-state index in [2.05, 4.69) is 268 Å². The topological polar surface area (TPSA) is 24.3 Å². The number of pyridine rings is 1. The molecule has 0 aliphatic carbocycles. The minimum atomic E-state index is 1.02. The van der Waals surface area contributed by atoms with Gasteiger partial charge in [-0.3, -0.25) is 4.98 Å². The summed E-state index contributed by atoms with van der Waals surface area (Å²) in [5, 5.41) is 4.95. The Morgan fingerprint density at radius 1 is 0.284 bits per heavy atom. The number of fused-ring (bicyclic) bond motifs is 4. The van der Waals surface area contributed by atoms with E-state index < -0.39 is 0 Å². The average molecular weight is 857 g/mol. The van der Waals surface area contributed by atoms with Crippen molar-refractivity contribution < 1.29 is 0 Å². The number of nitrogens with zero attached hydrogens (tertiary/aromatic N) is 4. The van der Waals surface area contributed by atoms with E-state index in [9.17, 15) is 0 Å². The molecule has 4 heteroatoms. The Morgan fingerprint density at radius 2 is 0.821 bits per heavy atom. The highest BCUT2D eigenvalue weighted by atomic mass is 15.2. The van der Waals surface area contributed by atoms with E-state index in [0.717, 1.165) is 62.1 Å². The molecule has 0 unspecified atom stereocenters. The molecule has 2 aromatic heterocycles. The predicted molar refractivity (Wildman–Crippen MR) is 282 cm³/mol. The van der Waals surface area contributed by atoms with Crippen LogP contribution in [0, 0.1) is 0 Å². The number of para-hydroxylation sites is 4. The average Bonchev–Trinajstić information content (AvgIpc) is 3.74. The largest absolute Gasteiger partial charge is 0.310 e. The summed E-state index contributed by atoms with van der Waals surface area (Å²) in [5.41, 5.74) is 16.5. The van der Waals surface area contributed by atoms with Crippen molar-refractivity contribution in [2.45, 2.75) is 0 Å². The number of benzene rings is 10. The minimum absolute atomic E-state index is 1.02. The molecular weight excluding hydrogens is 813 g/mol. The van der Waals surface area contributed by atoms with Gasteiger partial charge in [0.15, 0.2) is 0 Å². The smallest absolute Gasteiger partial charge is 0.0547 e. The third-order valence-corrected chi connectivity index (χ3v) is 12.8. The van der Waals surface area contributed by atoms with Crippen LogP contribution in [-0.2, 0) is 0 Å². The van der Waals surface area contributed by atoms with E-state index in [1.807, 2.05) is 18.5 Å². The SMILES string of the molecule is c1ccc(N(c2ccc(-c3ccc4ccccc4c3)cc2)c2cc(-c3cccnc3)cc(N(c3ccccc3)c3cccc(-c4ccc5c6ccccc6n(-c6ccccc6)c5c4)c3)c2)cc1. The Bertz CT molecular complexity index is 3680. The van der Waals surface area contributed by atoms with Crippen LogP contribution in [0.15, 0.2) is 267 Å². The van der Waals surface area contributed by atoms with E-state index in [0.29, 0.717) is 0 Å². The second-order valence-corrected chi connectivity index (χ2v) is 16.9. The molecule has 0 radical (unpaired) electrons. The number of rotatable bonds is 10. The molecule has 0 amide bonds. The molecule has 4 nitrogen and oxygen atoms in total. The van der Waals surface area contributed by atoms with Gasteiger partial charge >= 0.3 is 0 Å². The Balaban J connectivity index is 1.01. The summed E-state index contributed by atoms with van der Waals surface area (Å²) in [4.78, 5) is 9.31. The lowest BCUT2D eigenvalue weighted by Crippen LogP contribution is -2.13. The van der Waals surface area contributed by atoms with Crippen molar-refractivity contribution in [1.29, 1.82) is 0 Å². The molecule has 0 aliphatic heterocycles. The van der Waals surface area contributed by atoms with E-state index >= 15 is 0 Å². The molecule has 0 aliphatic rings. The predicted octanol–water partition coefficient (Wildman–Crippen LogP) is 17.3. The molecule has 0 saturated carbocycles. The van der Waals surface area contributed by atoms with E-state index in [1.165, 1.54) is 43.7 Å². The summed E-state index contributed by atoms with van der Waals surface area (Å²) in [5.74, 6) is 0. The van der Waals surface area contributed by atoms with Crippen molar-refractivity contribution in [2.75, 3.05) is 9.80 Å². The number of hydrogen-bond donors (Lipinski definition) is 0. The van der Waals surface area contributed by atoms with Gasteiger partial charge in [0.25, 0.3) is 0 Å². The highest BCUT2D eigenvalue weighted by Crippen LogP contribution is 2.44. The maximum atomic E-state index is 4.58. The highest BCUT2D eigenvalue weighted by Gasteiger charge is 2.21. The fourth-order valence-electron chi connectivity index (χ4n) is 9.60. The lowest BCUT2D eigenvalue weighted by Gasteiger charge is -2.30. The Kier molecular flexibility index (Phi) is 10.2. The van der Waals surface area contributed by atoms with Crippen LogP contribution in [0.25, 0.3) is 71.6 Å². The van der Waals surface area contributed by atoms with Gasteiger partial charge < -0.3 is 14.4 Å². The molecule has 0 N–H and O–H groups in total. The quantitative estimate of drug-likeness (QED) is 0.137. The zero-order chi connectivity index (χ0) is 44.5. The van der Waals surface area contributed by atoms with E-state index in [4.69, 9.17) is 0 Å². The van der Waals surface area contributed by atoms with E-state index in [-0.39, 0.29) is 0 Å². The summed E-state index contributed by atoms with van der Waals surface area (Å²) in [6, 6.07) is 91.7. The highest BCUT2D eigenvalue weighted by molar-refractivity contribution is 6.10. The van der Waals surface area contributed by atoms with E-state index in [1.54, 1.807) is 0 Å². The Labute approximate surface area is 390 Å². The van der Waals surface area contributed by atoms with Crippen LogP contribution in [0.2, 0.25) is 0 Å². The first-order valence-corrected chi connectivity index (χ1v) is 22.8.